The number of carbonyl (C=O) groups excluding carboxylic acids is 1. The maximum absolute atomic E-state index is 12.2. The van der Waals surface area contributed by atoms with E-state index in [1.54, 1.807) is 12.1 Å². The molecule has 0 bridgehead atoms. The Morgan fingerprint density at radius 2 is 1.59 bits per heavy atom. The topological polar surface area (TPSA) is 78.7 Å². The van der Waals surface area contributed by atoms with Crippen LogP contribution >= 0.6 is 0 Å². The number of anilines is 1. The molecule has 1 aliphatic rings. The Morgan fingerprint density at radius 3 is 2.19 bits per heavy atom. The average molecular weight is 368 g/mol. The number of rotatable bonds is 6. The van der Waals surface area contributed by atoms with Crippen LogP contribution < -0.4 is 5.32 Å². The van der Waals surface area contributed by atoms with Crippen LogP contribution in [0.5, 0.6) is 0 Å². The van der Waals surface area contributed by atoms with Gasteiger partial charge in [-0.1, -0.05) is 29.8 Å². The van der Waals surface area contributed by atoms with Crippen LogP contribution in [0, 0.1) is 17.0 Å². The number of benzene rings is 2. The van der Waals surface area contributed by atoms with Crippen LogP contribution in [0.4, 0.5) is 11.4 Å². The summed E-state index contributed by atoms with van der Waals surface area (Å²) in [6.45, 7) is 6.90. The maximum atomic E-state index is 12.2. The first kappa shape index (κ1) is 19.0. The van der Waals surface area contributed by atoms with Crippen molar-refractivity contribution in [3.8, 4) is 0 Å². The molecule has 1 heterocycles. The van der Waals surface area contributed by atoms with Gasteiger partial charge in [-0.15, -0.1) is 0 Å². The minimum absolute atomic E-state index is 0.0118. The number of nitrogens with one attached hydrogen (secondary N) is 1. The van der Waals surface area contributed by atoms with Gasteiger partial charge in [0.25, 0.3) is 5.69 Å². The zero-order valence-corrected chi connectivity index (χ0v) is 15.4. The summed E-state index contributed by atoms with van der Waals surface area (Å²) in [5.41, 5.74) is 3.16. The first-order chi connectivity index (χ1) is 13.0. The third-order valence-electron chi connectivity index (χ3n) is 4.72. The summed E-state index contributed by atoms with van der Waals surface area (Å²) in [6.07, 6.45) is 0. The molecular formula is C20H24N4O3. The SMILES string of the molecule is Cc1ccc(CN2CCN(CC(=O)Nc3ccc([N+](=O)[O-])cc3)CC2)cc1. The molecule has 0 unspecified atom stereocenters. The average Bonchev–Trinajstić information content (AvgIpc) is 2.65. The molecule has 1 aliphatic heterocycles. The van der Waals surface area contributed by atoms with Gasteiger partial charge >= 0.3 is 0 Å². The molecule has 27 heavy (non-hydrogen) atoms. The summed E-state index contributed by atoms with van der Waals surface area (Å²) < 4.78 is 0. The summed E-state index contributed by atoms with van der Waals surface area (Å²) in [5.74, 6) is -0.101. The monoisotopic (exact) mass is 368 g/mol. The number of amides is 1. The minimum Gasteiger partial charge on any atom is -0.325 e. The van der Waals surface area contributed by atoms with Crippen molar-refractivity contribution in [3.05, 3.63) is 69.8 Å². The normalized spacial score (nSPS) is 15.4. The maximum Gasteiger partial charge on any atom is 0.269 e. The zero-order valence-electron chi connectivity index (χ0n) is 15.4. The van der Waals surface area contributed by atoms with Crippen molar-refractivity contribution in [2.45, 2.75) is 13.5 Å². The Balaban J connectivity index is 1.42. The molecule has 2 aromatic carbocycles. The van der Waals surface area contributed by atoms with E-state index >= 15 is 0 Å². The van der Waals surface area contributed by atoms with Gasteiger partial charge in [0.1, 0.15) is 0 Å². The van der Waals surface area contributed by atoms with Crippen molar-refractivity contribution in [1.82, 2.24) is 9.80 Å². The summed E-state index contributed by atoms with van der Waals surface area (Å²) in [5, 5.41) is 13.5. The van der Waals surface area contributed by atoms with Crippen LogP contribution in [0.2, 0.25) is 0 Å². The molecule has 0 spiro atoms. The number of nitro benzene ring substituents is 1. The molecular weight excluding hydrogens is 344 g/mol. The molecule has 1 N–H and O–H groups in total. The molecule has 0 aromatic heterocycles. The largest absolute Gasteiger partial charge is 0.325 e. The van der Waals surface area contributed by atoms with Gasteiger partial charge in [-0.25, -0.2) is 0 Å². The van der Waals surface area contributed by atoms with E-state index in [0.717, 1.165) is 32.7 Å². The highest BCUT2D eigenvalue weighted by molar-refractivity contribution is 5.92. The second-order valence-corrected chi connectivity index (χ2v) is 6.89. The molecule has 0 radical (unpaired) electrons. The van der Waals surface area contributed by atoms with Crippen LogP contribution in [-0.4, -0.2) is 53.4 Å². The number of hydrogen-bond acceptors (Lipinski definition) is 5. The number of hydrogen-bond donors (Lipinski definition) is 1. The zero-order chi connectivity index (χ0) is 19.2. The predicted octanol–water partition coefficient (Wildman–Crippen LogP) is 2.66. The Labute approximate surface area is 158 Å². The van der Waals surface area contributed by atoms with Crippen LogP contribution in [0.25, 0.3) is 0 Å². The molecule has 1 amide bonds. The van der Waals surface area contributed by atoms with Crippen LogP contribution in [0.15, 0.2) is 48.5 Å². The molecule has 1 saturated heterocycles. The Morgan fingerprint density at radius 1 is 1.00 bits per heavy atom. The van der Waals surface area contributed by atoms with E-state index in [0.29, 0.717) is 12.2 Å². The van der Waals surface area contributed by atoms with E-state index in [1.165, 1.54) is 23.3 Å². The second-order valence-electron chi connectivity index (χ2n) is 6.89. The third kappa shape index (κ3) is 5.60. The van der Waals surface area contributed by atoms with Crippen molar-refractivity contribution < 1.29 is 9.72 Å². The van der Waals surface area contributed by atoms with Crippen LogP contribution in [-0.2, 0) is 11.3 Å². The fourth-order valence-electron chi connectivity index (χ4n) is 3.13. The Bertz CT molecular complexity index is 782. The predicted molar refractivity (Wildman–Crippen MR) is 105 cm³/mol. The molecule has 142 valence electrons. The lowest BCUT2D eigenvalue weighted by Crippen LogP contribution is -2.48. The summed E-state index contributed by atoms with van der Waals surface area (Å²) in [4.78, 5) is 26.9. The molecule has 1 fully saturated rings. The quantitative estimate of drug-likeness (QED) is 0.626. The Hall–Kier alpha value is -2.77. The van der Waals surface area contributed by atoms with Crippen LogP contribution in [0.1, 0.15) is 11.1 Å². The van der Waals surface area contributed by atoms with Crippen molar-refractivity contribution >= 4 is 17.3 Å². The van der Waals surface area contributed by atoms with Gasteiger partial charge in [-0.3, -0.25) is 24.7 Å². The second kappa shape index (κ2) is 8.75. The number of aryl methyl sites for hydroxylation is 1. The van der Waals surface area contributed by atoms with Crippen LogP contribution in [0.3, 0.4) is 0 Å². The van der Waals surface area contributed by atoms with Gasteiger partial charge in [0.2, 0.25) is 5.91 Å². The lowest BCUT2D eigenvalue weighted by molar-refractivity contribution is -0.384. The van der Waals surface area contributed by atoms with Gasteiger partial charge in [0, 0.05) is 50.5 Å². The highest BCUT2D eigenvalue weighted by atomic mass is 16.6. The number of nitrogens with zero attached hydrogens (tertiary/aromatic N) is 3. The fraction of sp³-hybridized carbons (Fsp3) is 0.350. The molecule has 7 heteroatoms. The van der Waals surface area contributed by atoms with E-state index < -0.39 is 4.92 Å². The molecule has 7 nitrogen and oxygen atoms in total. The fourth-order valence-corrected chi connectivity index (χ4v) is 3.13. The summed E-state index contributed by atoms with van der Waals surface area (Å²) >= 11 is 0. The molecule has 2 aromatic rings. The molecule has 0 saturated carbocycles. The number of carbonyl (C=O) groups is 1. The summed E-state index contributed by atoms with van der Waals surface area (Å²) in [7, 11) is 0. The van der Waals surface area contributed by atoms with Crippen molar-refractivity contribution in [1.29, 1.82) is 0 Å². The molecule has 0 atom stereocenters. The third-order valence-corrected chi connectivity index (χ3v) is 4.72. The van der Waals surface area contributed by atoms with Crippen molar-refractivity contribution in [3.63, 3.8) is 0 Å². The minimum atomic E-state index is -0.457. The lowest BCUT2D eigenvalue weighted by Gasteiger charge is -2.34. The lowest BCUT2D eigenvalue weighted by atomic mass is 10.1. The van der Waals surface area contributed by atoms with Gasteiger partial charge < -0.3 is 5.32 Å². The first-order valence-corrected chi connectivity index (χ1v) is 9.04. The number of nitro groups is 1. The highest BCUT2D eigenvalue weighted by Gasteiger charge is 2.19. The van der Waals surface area contributed by atoms with E-state index in [-0.39, 0.29) is 11.6 Å². The Kier molecular flexibility index (Phi) is 6.16. The van der Waals surface area contributed by atoms with Crippen molar-refractivity contribution in [2.75, 3.05) is 38.0 Å². The van der Waals surface area contributed by atoms with E-state index in [1.807, 2.05) is 0 Å². The van der Waals surface area contributed by atoms with E-state index in [2.05, 4.69) is 46.3 Å². The van der Waals surface area contributed by atoms with E-state index in [4.69, 9.17) is 0 Å². The van der Waals surface area contributed by atoms with Gasteiger partial charge in [0.05, 0.1) is 11.5 Å². The van der Waals surface area contributed by atoms with E-state index in [9.17, 15) is 14.9 Å². The first-order valence-electron chi connectivity index (χ1n) is 9.04. The number of non-ortho nitro benzene ring substituents is 1. The van der Waals surface area contributed by atoms with Gasteiger partial charge in [-0.05, 0) is 24.6 Å². The smallest absolute Gasteiger partial charge is 0.269 e. The molecule has 3 rings (SSSR count). The highest BCUT2D eigenvalue weighted by Crippen LogP contribution is 2.15. The van der Waals surface area contributed by atoms with Gasteiger partial charge in [-0.2, -0.15) is 0 Å². The molecule has 0 aliphatic carbocycles. The summed E-state index contributed by atoms with van der Waals surface area (Å²) in [6, 6.07) is 14.5. The van der Waals surface area contributed by atoms with Gasteiger partial charge in [0.15, 0.2) is 0 Å². The number of piperazine rings is 1. The standard InChI is InChI=1S/C20H24N4O3/c1-16-2-4-17(5-3-16)14-22-10-12-23(13-11-22)15-20(25)21-18-6-8-19(9-7-18)24(26)27/h2-9H,10-15H2,1H3,(H,21,25). The van der Waals surface area contributed by atoms with Crippen molar-refractivity contribution in [2.24, 2.45) is 0 Å².